The number of nitrogen functional groups attached to an aromatic ring is 1. The first-order chi connectivity index (χ1) is 10.0. The van der Waals surface area contributed by atoms with Crippen LogP contribution in [0, 0.1) is 13.8 Å². The molecule has 0 unspecified atom stereocenters. The lowest BCUT2D eigenvalue weighted by Crippen LogP contribution is -2.02. The smallest absolute Gasteiger partial charge is 0.143 e. The third-order valence-electron chi connectivity index (χ3n) is 3.80. The van der Waals surface area contributed by atoms with Gasteiger partial charge in [-0.15, -0.1) is 0 Å². The maximum absolute atomic E-state index is 6.30. The molecule has 0 aliphatic carbocycles. The van der Waals surface area contributed by atoms with Gasteiger partial charge in [0.2, 0.25) is 0 Å². The van der Waals surface area contributed by atoms with Crippen LogP contribution >= 0.6 is 15.9 Å². The predicted molar refractivity (Wildman–Crippen MR) is 92.4 cm³/mol. The molecular formula is C17H18BrN3. The van der Waals surface area contributed by atoms with Crippen molar-refractivity contribution in [2.75, 3.05) is 5.73 Å². The average molecular weight is 344 g/mol. The van der Waals surface area contributed by atoms with E-state index in [1.165, 1.54) is 5.56 Å². The Hall–Kier alpha value is -1.81. The Balaban J connectivity index is 2.35. The van der Waals surface area contributed by atoms with Crippen molar-refractivity contribution in [3.63, 3.8) is 0 Å². The van der Waals surface area contributed by atoms with Crippen LogP contribution in [0.4, 0.5) is 5.69 Å². The Morgan fingerprint density at radius 3 is 2.67 bits per heavy atom. The molecule has 0 aliphatic rings. The van der Waals surface area contributed by atoms with E-state index in [2.05, 4.69) is 52.5 Å². The van der Waals surface area contributed by atoms with Crippen LogP contribution in [0.5, 0.6) is 0 Å². The summed E-state index contributed by atoms with van der Waals surface area (Å²) >= 11 is 3.51. The van der Waals surface area contributed by atoms with Crippen LogP contribution in [0.3, 0.4) is 0 Å². The van der Waals surface area contributed by atoms with Crippen LogP contribution in [-0.2, 0) is 6.54 Å². The predicted octanol–water partition coefficient (Wildman–Crippen LogP) is 4.68. The zero-order chi connectivity index (χ0) is 15.1. The van der Waals surface area contributed by atoms with Gasteiger partial charge in [-0.05, 0) is 56.2 Å². The summed E-state index contributed by atoms with van der Waals surface area (Å²) in [6.07, 6.45) is 0. The lowest BCUT2D eigenvalue weighted by Gasteiger charge is -2.11. The van der Waals surface area contributed by atoms with E-state index in [0.29, 0.717) is 0 Å². The summed E-state index contributed by atoms with van der Waals surface area (Å²) in [5.41, 5.74) is 12.5. The summed E-state index contributed by atoms with van der Waals surface area (Å²) in [6, 6.07) is 10.4. The summed E-state index contributed by atoms with van der Waals surface area (Å²) in [5.74, 6) is 0.940. The van der Waals surface area contributed by atoms with Crippen molar-refractivity contribution in [3.8, 4) is 11.4 Å². The van der Waals surface area contributed by atoms with Gasteiger partial charge in [0.25, 0.3) is 0 Å². The summed E-state index contributed by atoms with van der Waals surface area (Å²) in [4.78, 5) is 4.81. The third kappa shape index (κ3) is 2.33. The second kappa shape index (κ2) is 5.19. The van der Waals surface area contributed by atoms with Gasteiger partial charge in [-0.25, -0.2) is 4.98 Å². The molecule has 108 valence electrons. The van der Waals surface area contributed by atoms with E-state index >= 15 is 0 Å². The monoisotopic (exact) mass is 343 g/mol. The van der Waals surface area contributed by atoms with Crippen LogP contribution in [-0.4, -0.2) is 9.55 Å². The maximum Gasteiger partial charge on any atom is 0.143 e. The number of fused-ring (bicyclic) bond motifs is 1. The quantitative estimate of drug-likeness (QED) is 0.686. The molecule has 3 nitrogen and oxygen atoms in total. The number of nitrogens with zero attached hydrogens (tertiary/aromatic N) is 2. The standard InChI is InChI=1S/C17H18BrN3/c1-4-21-15-6-5-12(18)9-14(15)20-17(21)13-8-10(2)7-11(3)16(13)19/h5-9H,4,19H2,1-3H3. The highest BCUT2D eigenvalue weighted by atomic mass is 79.9. The van der Waals surface area contributed by atoms with Gasteiger partial charge in [0.15, 0.2) is 0 Å². The molecule has 4 heteroatoms. The van der Waals surface area contributed by atoms with E-state index in [-0.39, 0.29) is 0 Å². The fraction of sp³-hybridized carbons (Fsp3) is 0.235. The normalized spacial score (nSPS) is 11.2. The van der Waals surface area contributed by atoms with E-state index in [4.69, 9.17) is 10.7 Å². The molecular weight excluding hydrogens is 326 g/mol. The average Bonchev–Trinajstić information content (AvgIpc) is 2.79. The van der Waals surface area contributed by atoms with E-state index < -0.39 is 0 Å². The van der Waals surface area contributed by atoms with Gasteiger partial charge in [-0.3, -0.25) is 0 Å². The highest BCUT2D eigenvalue weighted by molar-refractivity contribution is 9.10. The Bertz CT molecular complexity index is 834. The van der Waals surface area contributed by atoms with Gasteiger partial charge in [0, 0.05) is 22.3 Å². The van der Waals surface area contributed by atoms with Gasteiger partial charge in [0.05, 0.1) is 11.0 Å². The van der Waals surface area contributed by atoms with Crippen molar-refractivity contribution < 1.29 is 0 Å². The van der Waals surface area contributed by atoms with E-state index in [9.17, 15) is 0 Å². The second-order valence-electron chi connectivity index (χ2n) is 5.36. The highest BCUT2D eigenvalue weighted by Crippen LogP contribution is 2.32. The van der Waals surface area contributed by atoms with Gasteiger partial charge >= 0.3 is 0 Å². The first-order valence-corrected chi connectivity index (χ1v) is 7.83. The summed E-state index contributed by atoms with van der Waals surface area (Å²) in [7, 11) is 0. The number of aromatic nitrogens is 2. The van der Waals surface area contributed by atoms with Crippen molar-refractivity contribution in [3.05, 3.63) is 45.9 Å². The molecule has 1 aromatic heterocycles. The number of hydrogen-bond acceptors (Lipinski definition) is 2. The third-order valence-corrected chi connectivity index (χ3v) is 4.29. The van der Waals surface area contributed by atoms with Crippen LogP contribution in [0.25, 0.3) is 22.4 Å². The van der Waals surface area contributed by atoms with E-state index in [1.54, 1.807) is 0 Å². The number of benzene rings is 2. The van der Waals surface area contributed by atoms with Crippen molar-refractivity contribution in [1.29, 1.82) is 0 Å². The van der Waals surface area contributed by atoms with Crippen molar-refractivity contribution in [2.45, 2.75) is 27.3 Å². The van der Waals surface area contributed by atoms with Crippen molar-refractivity contribution >= 4 is 32.7 Å². The first kappa shape index (κ1) is 14.1. The fourth-order valence-corrected chi connectivity index (χ4v) is 3.14. The molecule has 0 aliphatic heterocycles. The van der Waals surface area contributed by atoms with Crippen LogP contribution in [0.1, 0.15) is 18.1 Å². The molecule has 21 heavy (non-hydrogen) atoms. The molecule has 0 saturated heterocycles. The van der Waals surface area contributed by atoms with Gasteiger partial charge in [-0.1, -0.05) is 22.0 Å². The number of imidazole rings is 1. The first-order valence-electron chi connectivity index (χ1n) is 7.04. The second-order valence-corrected chi connectivity index (χ2v) is 6.27. The summed E-state index contributed by atoms with van der Waals surface area (Å²) < 4.78 is 3.25. The minimum Gasteiger partial charge on any atom is -0.398 e. The molecule has 2 N–H and O–H groups in total. The van der Waals surface area contributed by atoms with Gasteiger partial charge < -0.3 is 10.3 Å². The molecule has 0 radical (unpaired) electrons. The number of rotatable bonds is 2. The van der Waals surface area contributed by atoms with Gasteiger partial charge in [-0.2, -0.15) is 0 Å². The molecule has 0 saturated carbocycles. The lowest BCUT2D eigenvalue weighted by atomic mass is 10.0. The van der Waals surface area contributed by atoms with Crippen molar-refractivity contribution in [1.82, 2.24) is 9.55 Å². The molecule has 0 atom stereocenters. The van der Waals surface area contributed by atoms with E-state index in [0.717, 1.165) is 44.7 Å². The number of halogens is 1. The molecule has 0 spiro atoms. The Kier molecular flexibility index (Phi) is 3.49. The Labute approximate surface area is 132 Å². The summed E-state index contributed by atoms with van der Waals surface area (Å²) in [5, 5.41) is 0. The molecule has 1 heterocycles. The van der Waals surface area contributed by atoms with E-state index in [1.807, 2.05) is 19.1 Å². The molecule has 3 aromatic rings. The zero-order valence-corrected chi connectivity index (χ0v) is 14.0. The number of aryl methyl sites for hydroxylation is 3. The minimum atomic E-state index is 0.810. The van der Waals surface area contributed by atoms with Crippen LogP contribution < -0.4 is 5.73 Å². The maximum atomic E-state index is 6.30. The van der Waals surface area contributed by atoms with Crippen LogP contribution in [0.2, 0.25) is 0 Å². The Morgan fingerprint density at radius 1 is 1.19 bits per heavy atom. The molecule has 0 amide bonds. The summed E-state index contributed by atoms with van der Waals surface area (Å²) in [6.45, 7) is 7.12. The Morgan fingerprint density at radius 2 is 1.95 bits per heavy atom. The number of anilines is 1. The minimum absolute atomic E-state index is 0.810. The van der Waals surface area contributed by atoms with Gasteiger partial charge in [0.1, 0.15) is 5.82 Å². The molecule has 0 bridgehead atoms. The number of hydrogen-bond donors (Lipinski definition) is 1. The fourth-order valence-electron chi connectivity index (χ4n) is 2.79. The zero-order valence-electron chi connectivity index (χ0n) is 12.4. The highest BCUT2D eigenvalue weighted by Gasteiger charge is 2.15. The van der Waals surface area contributed by atoms with Crippen LogP contribution in [0.15, 0.2) is 34.8 Å². The SMILES string of the molecule is CCn1c(-c2cc(C)cc(C)c2N)nc2cc(Br)ccc21. The molecule has 0 fully saturated rings. The topological polar surface area (TPSA) is 43.8 Å². The van der Waals surface area contributed by atoms with Crippen molar-refractivity contribution in [2.24, 2.45) is 0 Å². The molecule has 2 aromatic carbocycles. The number of nitrogens with two attached hydrogens (primary N) is 1. The lowest BCUT2D eigenvalue weighted by molar-refractivity contribution is 0.796. The largest absolute Gasteiger partial charge is 0.398 e. The molecule has 3 rings (SSSR count).